The third-order valence-corrected chi connectivity index (χ3v) is 3.74. The number of carbonyl (C=O) groups excluding carboxylic acids is 1. The predicted octanol–water partition coefficient (Wildman–Crippen LogP) is 2.84. The molecule has 0 atom stereocenters. The molecule has 1 aromatic carbocycles. The summed E-state index contributed by atoms with van der Waals surface area (Å²) in [6.07, 6.45) is -2.29. The van der Waals surface area contributed by atoms with Gasteiger partial charge in [0.05, 0.1) is 16.2 Å². The first-order valence-corrected chi connectivity index (χ1v) is 7.43. The van der Waals surface area contributed by atoms with Crippen LogP contribution in [0.5, 0.6) is 5.88 Å². The molecule has 0 N–H and O–H groups in total. The average molecular weight is 349 g/mol. The van der Waals surface area contributed by atoms with Crippen molar-refractivity contribution in [3.05, 3.63) is 57.8 Å². The summed E-state index contributed by atoms with van der Waals surface area (Å²) in [5, 5.41) is 11.1. The molecule has 9 heteroatoms. The zero-order valence-electron chi connectivity index (χ0n) is 12.9. The van der Waals surface area contributed by atoms with E-state index in [0.29, 0.717) is 17.7 Å². The van der Waals surface area contributed by atoms with Crippen molar-refractivity contribution in [2.75, 3.05) is 18.1 Å². The van der Waals surface area contributed by atoms with E-state index in [2.05, 4.69) is 4.98 Å². The van der Waals surface area contributed by atoms with E-state index in [1.54, 1.807) is 6.07 Å². The van der Waals surface area contributed by atoms with E-state index < -0.39 is 23.9 Å². The quantitative estimate of drug-likeness (QED) is 0.612. The maximum Gasteiger partial charge on any atom is 0.277 e. The molecule has 2 heterocycles. The number of nitro groups is 1. The highest BCUT2D eigenvalue weighted by molar-refractivity contribution is 6.06. The predicted molar refractivity (Wildman–Crippen MR) is 84.2 cm³/mol. The number of pyridine rings is 1. The number of hydrogen-bond donors (Lipinski definition) is 0. The van der Waals surface area contributed by atoms with E-state index in [-0.39, 0.29) is 23.8 Å². The van der Waals surface area contributed by atoms with Crippen LogP contribution in [0.3, 0.4) is 0 Å². The highest BCUT2D eigenvalue weighted by Crippen LogP contribution is 2.35. The molecule has 25 heavy (non-hydrogen) atoms. The summed E-state index contributed by atoms with van der Waals surface area (Å²) in [4.78, 5) is 28.6. The Labute approximate surface area is 141 Å². The summed E-state index contributed by atoms with van der Waals surface area (Å²) < 4.78 is 29.2. The number of benzene rings is 1. The van der Waals surface area contributed by atoms with Gasteiger partial charge in [-0.3, -0.25) is 14.9 Å². The van der Waals surface area contributed by atoms with Crippen molar-refractivity contribution >= 4 is 17.3 Å². The van der Waals surface area contributed by atoms with E-state index in [1.165, 1.54) is 35.2 Å². The molecule has 7 nitrogen and oxygen atoms in total. The molecular weight excluding hydrogens is 336 g/mol. The van der Waals surface area contributed by atoms with E-state index >= 15 is 0 Å². The van der Waals surface area contributed by atoms with Gasteiger partial charge < -0.3 is 9.64 Å². The van der Waals surface area contributed by atoms with Gasteiger partial charge in [0.1, 0.15) is 5.69 Å². The molecular formula is C16H13F2N3O4. The van der Waals surface area contributed by atoms with Crippen molar-refractivity contribution in [3.63, 3.8) is 0 Å². The van der Waals surface area contributed by atoms with Crippen LogP contribution in [0, 0.1) is 10.1 Å². The molecule has 0 unspecified atom stereocenters. The molecule has 0 saturated heterocycles. The van der Waals surface area contributed by atoms with E-state index in [0.717, 1.165) is 0 Å². The minimum absolute atomic E-state index is 0.0196. The van der Waals surface area contributed by atoms with Gasteiger partial charge in [-0.1, -0.05) is 12.1 Å². The monoisotopic (exact) mass is 349 g/mol. The standard InChI is InChI=1S/C16H13F2N3O4/c17-14(18)9-25-15-6-1-3-11(19-15)16(22)20-8-7-10-12(20)4-2-5-13(10)21(23)24/h1-6,14H,7-9H2. The number of amides is 1. The SMILES string of the molecule is O=C(c1cccc(OCC(F)F)n1)N1CCc2c1cccc2[N+](=O)[O-]. The molecule has 0 saturated carbocycles. The first kappa shape index (κ1) is 16.7. The van der Waals surface area contributed by atoms with Gasteiger partial charge in [0.25, 0.3) is 18.0 Å². The number of nitro benzene ring substituents is 1. The Morgan fingerprint density at radius 2 is 2.08 bits per heavy atom. The Balaban J connectivity index is 1.86. The molecule has 2 aromatic rings. The van der Waals surface area contributed by atoms with Crippen LogP contribution in [-0.4, -0.2) is 35.4 Å². The number of anilines is 1. The molecule has 1 aromatic heterocycles. The van der Waals surface area contributed by atoms with Gasteiger partial charge in [0, 0.05) is 18.7 Å². The fraction of sp³-hybridized carbons (Fsp3) is 0.250. The highest BCUT2D eigenvalue weighted by Gasteiger charge is 2.31. The maximum absolute atomic E-state index is 12.7. The number of aromatic nitrogens is 1. The second kappa shape index (κ2) is 6.80. The van der Waals surface area contributed by atoms with Crippen molar-refractivity contribution in [1.82, 2.24) is 4.98 Å². The second-order valence-corrected chi connectivity index (χ2v) is 5.30. The lowest BCUT2D eigenvalue weighted by molar-refractivity contribution is -0.385. The Hall–Kier alpha value is -3.10. The number of ether oxygens (including phenoxy) is 1. The zero-order chi connectivity index (χ0) is 18.0. The van der Waals surface area contributed by atoms with Gasteiger partial charge in [-0.15, -0.1) is 0 Å². The van der Waals surface area contributed by atoms with Crippen LogP contribution in [-0.2, 0) is 6.42 Å². The summed E-state index contributed by atoms with van der Waals surface area (Å²) in [6.45, 7) is -0.536. The fourth-order valence-electron chi connectivity index (χ4n) is 2.70. The maximum atomic E-state index is 12.7. The van der Waals surface area contributed by atoms with Crippen LogP contribution in [0.4, 0.5) is 20.2 Å². The highest BCUT2D eigenvalue weighted by atomic mass is 19.3. The Bertz CT molecular complexity index is 829. The first-order chi connectivity index (χ1) is 12.0. The number of halogens is 2. The lowest BCUT2D eigenvalue weighted by atomic mass is 10.1. The van der Waals surface area contributed by atoms with Gasteiger partial charge >= 0.3 is 0 Å². The number of alkyl halides is 2. The van der Waals surface area contributed by atoms with Crippen molar-refractivity contribution in [2.45, 2.75) is 12.8 Å². The third kappa shape index (κ3) is 3.39. The Kier molecular flexibility index (Phi) is 4.55. The number of rotatable bonds is 5. The van der Waals surface area contributed by atoms with Crippen LogP contribution < -0.4 is 9.64 Å². The molecule has 1 amide bonds. The lowest BCUT2D eigenvalue weighted by Crippen LogP contribution is -2.29. The van der Waals surface area contributed by atoms with E-state index in [1.807, 2.05) is 0 Å². The fourth-order valence-corrected chi connectivity index (χ4v) is 2.70. The summed E-state index contributed by atoms with van der Waals surface area (Å²) in [5.41, 5.74) is 0.937. The average Bonchev–Trinajstić information content (AvgIpc) is 3.03. The third-order valence-electron chi connectivity index (χ3n) is 3.74. The molecule has 0 aliphatic carbocycles. The zero-order valence-corrected chi connectivity index (χ0v) is 12.9. The van der Waals surface area contributed by atoms with Crippen LogP contribution in [0.1, 0.15) is 16.1 Å². The van der Waals surface area contributed by atoms with Crippen molar-refractivity contribution < 1.29 is 23.2 Å². The Morgan fingerprint density at radius 3 is 2.80 bits per heavy atom. The summed E-state index contributed by atoms with van der Waals surface area (Å²) >= 11 is 0. The second-order valence-electron chi connectivity index (χ2n) is 5.30. The lowest BCUT2D eigenvalue weighted by Gasteiger charge is -2.17. The molecule has 1 aliphatic rings. The van der Waals surface area contributed by atoms with Crippen LogP contribution in [0.2, 0.25) is 0 Å². The summed E-state index contributed by atoms with van der Waals surface area (Å²) in [5.74, 6) is -0.550. The van der Waals surface area contributed by atoms with Crippen LogP contribution in [0.15, 0.2) is 36.4 Å². The van der Waals surface area contributed by atoms with Crippen LogP contribution >= 0.6 is 0 Å². The Morgan fingerprint density at radius 1 is 1.32 bits per heavy atom. The normalized spacial score (nSPS) is 13.0. The van der Waals surface area contributed by atoms with Crippen molar-refractivity contribution in [1.29, 1.82) is 0 Å². The summed E-state index contributed by atoms with van der Waals surface area (Å²) in [6, 6.07) is 8.83. The molecule has 1 aliphatic heterocycles. The summed E-state index contributed by atoms with van der Waals surface area (Å²) in [7, 11) is 0. The van der Waals surface area contributed by atoms with Crippen LogP contribution in [0.25, 0.3) is 0 Å². The minimum Gasteiger partial charge on any atom is -0.472 e. The largest absolute Gasteiger partial charge is 0.472 e. The van der Waals surface area contributed by atoms with Crippen molar-refractivity contribution in [2.24, 2.45) is 0 Å². The van der Waals surface area contributed by atoms with Gasteiger partial charge in [-0.25, -0.2) is 13.8 Å². The number of hydrogen-bond acceptors (Lipinski definition) is 5. The molecule has 3 rings (SSSR count). The molecule has 130 valence electrons. The smallest absolute Gasteiger partial charge is 0.277 e. The van der Waals surface area contributed by atoms with Gasteiger partial charge in [-0.05, 0) is 18.6 Å². The topological polar surface area (TPSA) is 85.6 Å². The van der Waals surface area contributed by atoms with Crippen molar-refractivity contribution in [3.8, 4) is 5.88 Å². The minimum atomic E-state index is -2.65. The molecule has 0 radical (unpaired) electrons. The molecule has 0 fully saturated rings. The number of carbonyl (C=O) groups is 1. The number of nitrogens with zero attached hydrogens (tertiary/aromatic N) is 3. The van der Waals surface area contributed by atoms with Gasteiger partial charge in [-0.2, -0.15) is 0 Å². The molecule has 0 spiro atoms. The first-order valence-electron chi connectivity index (χ1n) is 7.43. The van der Waals surface area contributed by atoms with E-state index in [9.17, 15) is 23.7 Å². The molecule has 0 bridgehead atoms. The van der Waals surface area contributed by atoms with Gasteiger partial charge in [0.2, 0.25) is 5.88 Å². The number of fused-ring (bicyclic) bond motifs is 1. The van der Waals surface area contributed by atoms with E-state index in [4.69, 9.17) is 4.74 Å². The van der Waals surface area contributed by atoms with Gasteiger partial charge in [0.15, 0.2) is 6.61 Å².